The highest BCUT2D eigenvalue weighted by Crippen LogP contribution is 2.33. The van der Waals surface area contributed by atoms with Gasteiger partial charge in [0.25, 0.3) is 0 Å². The van der Waals surface area contributed by atoms with E-state index in [2.05, 4.69) is 4.98 Å². The van der Waals surface area contributed by atoms with Crippen molar-refractivity contribution >= 4 is 23.2 Å². The second-order valence-electron chi connectivity index (χ2n) is 6.65. The lowest BCUT2D eigenvalue weighted by atomic mass is 9.92. The highest BCUT2D eigenvalue weighted by Gasteiger charge is 2.34. The molecule has 0 aliphatic heterocycles. The van der Waals surface area contributed by atoms with Gasteiger partial charge in [0.2, 0.25) is 0 Å². The van der Waals surface area contributed by atoms with Crippen LogP contribution in [-0.4, -0.2) is 21.8 Å². The number of Topliss-reactive ketones (excluding diaryl/α,β-unsaturated/α-hetero) is 1. The monoisotopic (exact) mass is 394 g/mol. The van der Waals surface area contributed by atoms with Crippen molar-refractivity contribution in [3.63, 3.8) is 0 Å². The number of urea groups is 1. The van der Waals surface area contributed by atoms with Gasteiger partial charge in [-0.2, -0.15) is 0 Å². The summed E-state index contributed by atoms with van der Waals surface area (Å²) in [6.45, 7) is 3.69. The largest absolute Gasteiger partial charge is 0.350 e. The number of carbonyl (C=O) groups is 2. The first-order valence-corrected chi connectivity index (χ1v) is 9.71. The van der Waals surface area contributed by atoms with E-state index in [0.717, 1.165) is 21.8 Å². The third-order valence-electron chi connectivity index (χ3n) is 4.62. The molecule has 2 amide bonds. The molecule has 2 aromatic carbocycles. The first kappa shape index (κ1) is 19.7. The number of primary amides is 1. The van der Waals surface area contributed by atoms with Gasteiger partial charge in [-0.25, -0.2) is 15.6 Å². The SMILES string of the molecule is Cc1ccc(C(=O)C(C)C(c2nc(-c3ccccc3)cs2)N(N)C(N)=O)cc1. The molecule has 28 heavy (non-hydrogen) atoms. The van der Waals surface area contributed by atoms with Crippen molar-refractivity contribution in [1.82, 2.24) is 9.99 Å². The minimum Gasteiger partial charge on any atom is -0.350 e. The summed E-state index contributed by atoms with van der Waals surface area (Å²) in [6, 6.07) is 15.4. The van der Waals surface area contributed by atoms with Crippen LogP contribution in [-0.2, 0) is 0 Å². The lowest BCUT2D eigenvalue weighted by Gasteiger charge is -2.28. The number of nitrogens with zero attached hydrogens (tertiary/aromatic N) is 2. The Kier molecular flexibility index (Phi) is 5.87. The minimum absolute atomic E-state index is 0.127. The van der Waals surface area contributed by atoms with Crippen molar-refractivity contribution in [2.75, 3.05) is 0 Å². The Labute approximate surface area is 167 Å². The summed E-state index contributed by atoms with van der Waals surface area (Å²) >= 11 is 1.35. The summed E-state index contributed by atoms with van der Waals surface area (Å²) in [6.07, 6.45) is 0. The highest BCUT2D eigenvalue weighted by atomic mass is 32.1. The van der Waals surface area contributed by atoms with Crippen molar-refractivity contribution < 1.29 is 9.59 Å². The van der Waals surface area contributed by atoms with E-state index in [1.54, 1.807) is 19.1 Å². The van der Waals surface area contributed by atoms with Crippen LogP contribution in [0.2, 0.25) is 0 Å². The molecule has 0 aliphatic rings. The van der Waals surface area contributed by atoms with Crippen LogP contribution in [0.25, 0.3) is 11.3 Å². The fourth-order valence-electron chi connectivity index (χ4n) is 3.00. The Morgan fingerprint density at radius 3 is 2.32 bits per heavy atom. The summed E-state index contributed by atoms with van der Waals surface area (Å²) in [5, 5.41) is 3.34. The van der Waals surface area contributed by atoms with Crippen LogP contribution < -0.4 is 11.6 Å². The van der Waals surface area contributed by atoms with Crippen LogP contribution in [0, 0.1) is 12.8 Å². The number of hydrogen-bond acceptors (Lipinski definition) is 5. The molecule has 7 heteroatoms. The number of rotatable bonds is 6. The molecule has 0 radical (unpaired) electrons. The molecule has 0 fully saturated rings. The fourth-order valence-corrected chi connectivity index (χ4v) is 4.03. The molecular formula is C21H22N4O2S. The summed E-state index contributed by atoms with van der Waals surface area (Å²) in [5.41, 5.74) is 8.74. The zero-order chi connectivity index (χ0) is 20.3. The molecular weight excluding hydrogens is 372 g/mol. The maximum atomic E-state index is 13.0. The third-order valence-corrected chi connectivity index (χ3v) is 5.54. The van der Waals surface area contributed by atoms with E-state index in [1.807, 2.05) is 54.8 Å². The van der Waals surface area contributed by atoms with E-state index in [1.165, 1.54) is 11.3 Å². The maximum Gasteiger partial charge on any atom is 0.329 e. The molecule has 4 N–H and O–H groups in total. The number of hydrazine groups is 1. The number of aryl methyl sites for hydroxylation is 1. The second-order valence-corrected chi connectivity index (χ2v) is 7.54. The van der Waals surface area contributed by atoms with Crippen molar-refractivity contribution in [2.24, 2.45) is 17.5 Å². The van der Waals surface area contributed by atoms with Crippen molar-refractivity contribution in [1.29, 1.82) is 0 Å². The minimum atomic E-state index is -0.815. The van der Waals surface area contributed by atoms with Crippen LogP contribution in [0.3, 0.4) is 0 Å². The summed E-state index contributed by atoms with van der Waals surface area (Å²) in [5.74, 6) is 5.21. The van der Waals surface area contributed by atoms with Crippen LogP contribution >= 0.6 is 11.3 Å². The van der Waals surface area contributed by atoms with Crippen molar-refractivity contribution in [3.8, 4) is 11.3 Å². The van der Waals surface area contributed by atoms with Crippen LogP contribution in [0.15, 0.2) is 60.0 Å². The average Bonchev–Trinajstić information content (AvgIpc) is 3.18. The molecule has 3 rings (SSSR count). The molecule has 144 valence electrons. The first-order chi connectivity index (χ1) is 13.4. The Bertz CT molecular complexity index is 970. The molecule has 2 unspecified atom stereocenters. The predicted molar refractivity (Wildman–Crippen MR) is 111 cm³/mol. The fraction of sp³-hybridized carbons (Fsp3) is 0.190. The molecule has 6 nitrogen and oxygen atoms in total. The lowest BCUT2D eigenvalue weighted by Crippen LogP contribution is -2.47. The van der Waals surface area contributed by atoms with E-state index in [4.69, 9.17) is 11.6 Å². The van der Waals surface area contributed by atoms with Gasteiger partial charge in [0.05, 0.1) is 5.69 Å². The molecule has 1 aromatic heterocycles. The number of hydrogen-bond donors (Lipinski definition) is 2. The van der Waals surface area contributed by atoms with E-state index < -0.39 is 18.0 Å². The number of ketones is 1. The molecule has 1 heterocycles. The quantitative estimate of drug-likeness (QED) is 0.286. The number of amides is 2. The van der Waals surface area contributed by atoms with Crippen molar-refractivity contribution in [3.05, 3.63) is 76.1 Å². The lowest BCUT2D eigenvalue weighted by molar-refractivity contribution is 0.0838. The number of aromatic nitrogens is 1. The maximum absolute atomic E-state index is 13.0. The number of carbonyl (C=O) groups excluding carboxylic acids is 2. The Morgan fingerprint density at radius 2 is 1.71 bits per heavy atom. The predicted octanol–water partition coefficient (Wildman–Crippen LogP) is 3.93. The number of nitrogens with two attached hydrogens (primary N) is 2. The van der Waals surface area contributed by atoms with Crippen molar-refractivity contribution in [2.45, 2.75) is 19.9 Å². The molecule has 2 atom stereocenters. The third kappa shape index (κ3) is 4.11. The van der Waals surface area contributed by atoms with E-state index in [-0.39, 0.29) is 5.78 Å². The summed E-state index contributed by atoms with van der Waals surface area (Å²) in [7, 11) is 0. The molecule has 0 bridgehead atoms. The molecule has 0 spiro atoms. The van der Waals surface area contributed by atoms with Gasteiger partial charge in [0.1, 0.15) is 11.0 Å². The Balaban J connectivity index is 1.95. The summed E-state index contributed by atoms with van der Waals surface area (Å²) in [4.78, 5) is 29.4. The van der Waals surface area contributed by atoms with Gasteiger partial charge in [-0.1, -0.05) is 67.1 Å². The molecule has 3 aromatic rings. The van der Waals surface area contributed by atoms with Gasteiger partial charge < -0.3 is 5.73 Å². The van der Waals surface area contributed by atoms with Gasteiger partial charge in [-0.3, -0.25) is 9.80 Å². The van der Waals surface area contributed by atoms with E-state index >= 15 is 0 Å². The molecule has 0 saturated carbocycles. The molecule has 0 aliphatic carbocycles. The standard InChI is InChI=1S/C21H22N4O2S/c1-13-8-10-16(11-9-13)19(26)14(2)18(25(23)21(22)27)20-24-17(12-28-20)15-6-4-3-5-7-15/h3-12,14,18H,23H2,1-2H3,(H2,22,27). The van der Waals surface area contributed by atoms with E-state index in [9.17, 15) is 9.59 Å². The van der Waals surface area contributed by atoms with Gasteiger partial charge in [-0.15, -0.1) is 11.3 Å². The smallest absolute Gasteiger partial charge is 0.329 e. The van der Waals surface area contributed by atoms with Gasteiger partial charge in [0.15, 0.2) is 5.78 Å². The average molecular weight is 395 g/mol. The number of thiazole rings is 1. The van der Waals surface area contributed by atoms with Crippen LogP contribution in [0.4, 0.5) is 4.79 Å². The number of benzene rings is 2. The Hall–Kier alpha value is -3.03. The molecule has 0 saturated heterocycles. The summed E-state index contributed by atoms with van der Waals surface area (Å²) < 4.78 is 0. The highest BCUT2D eigenvalue weighted by molar-refractivity contribution is 7.10. The zero-order valence-electron chi connectivity index (χ0n) is 15.7. The van der Waals surface area contributed by atoms with Gasteiger partial charge in [-0.05, 0) is 6.92 Å². The second kappa shape index (κ2) is 8.33. The normalized spacial score (nSPS) is 13.0. The topological polar surface area (TPSA) is 102 Å². The Morgan fingerprint density at radius 1 is 1.07 bits per heavy atom. The van der Waals surface area contributed by atoms with Crippen LogP contribution in [0.5, 0.6) is 0 Å². The van der Waals surface area contributed by atoms with E-state index in [0.29, 0.717) is 10.6 Å². The zero-order valence-corrected chi connectivity index (χ0v) is 16.5. The first-order valence-electron chi connectivity index (χ1n) is 8.83. The van der Waals surface area contributed by atoms with Crippen LogP contribution in [0.1, 0.15) is 33.9 Å². The van der Waals surface area contributed by atoms with Gasteiger partial charge >= 0.3 is 6.03 Å². The van der Waals surface area contributed by atoms with Gasteiger partial charge in [0, 0.05) is 22.4 Å².